The second-order valence-corrected chi connectivity index (χ2v) is 20.6. The van der Waals surface area contributed by atoms with E-state index in [1.54, 1.807) is 84.9 Å². The Balaban J connectivity index is 1.16. The van der Waals surface area contributed by atoms with Crippen LogP contribution >= 0.6 is 0 Å². The molecular formula is C57H66O9. The maximum Gasteiger partial charge on any atom is 0.464 e. The highest BCUT2D eigenvalue weighted by atomic mass is 16.9. The van der Waals surface area contributed by atoms with E-state index in [-0.39, 0.29) is 50.8 Å². The molecule has 4 aromatic carbocycles. The highest BCUT2D eigenvalue weighted by Crippen LogP contribution is 2.68. The SMILES string of the molecule is CC(C)[C@@H](CC[C@@H](C)[C@H]1CC[C@H]2[C@@H]3CC(=O)C4CCCC[C@]4(C)[C@H]3CC[C@]12C)C(OC(=O)c1ccccc1)C(OC(=O)c1ccccc1)(OC(=O)c1ccccc1)OC(=O)c1ccccc1. The Bertz CT molecular complexity index is 2200. The molecule has 0 aromatic heterocycles. The first-order valence-electron chi connectivity index (χ1n) is 24.4. The molecular weight excluding hydrogens is 829 g/mol. The van der Waals surface area contributed by atoms with Crippen LogP contribution in [0, 0.1) is 58.2 Å². The van der Waals surface area contributed by atoms with Crippen molar-refractivity contribution in [1.82, 2.24) is 0 Å². The lowest BCUT2D eigenvalue weighted by atomic mass is 9.44. The standard InChI is InChI=1S/C57H66O9/c1-37(2)43(30-29-38(3)45-31-32-46-44-36-49(58)48-28-18-19-34-55(48,4)47(44)33-35-56(45,46)5)50(63-51(59)39-20-10-6-11-21-39)57(64-52(60)40-22-12-7-13-23-40,65-53(61)41-24-14-8-15-25-41)66-54(62)42-26-16-9-17-27-42/h6-17,20-27,37-38,43-48,50H,18-19,28-36H2,1-5H3/t38-,43-,44+,45-,46+,47+,48?,50?,55-,56-/m1/s1. The van der Waals surface area contributed by atoms with Crippen LogP contribution in [0.4, 0.5) is 0 Å². The largest absolute Gasteiger partial charge is 0.464 e. The van der Waals surface area contributed by atoms with Crippen LogP contribution < -0.4 is 0 Å². The molecule has 4 aromatic rings. The summed E-state index contributed by atoms with van der Waals surface area (Å²) in [5.41, 5.74) is 0.676. The molecule has 0 radical (unpaired) electrons. The molecule has 8 rings (SSSR count). The molecule has 0 N–H and O–H groups in total. The van der Waals surface area contributed by atoms with E-state index >= 15 is 0 Å². The van der Waals surface area contributed by atoms with Gasteiger partial charge in [-0.15, -0.1) is 0 Å². The van der Waals surface area contributed by atoms with Crippen LogP contribution in [0.3, 0.4) is 0 Å². The lowest BCUT2D eigenvalue weighted by Gasteiger charge is -2.60. The summed E-state index contributed by atoms with van der Waals surface area (Å²) in [7, 11) is 0. The van der Waals surface area contributed by atoms with Crippen LogP contribution in [0.15, 0.2) is 121 Å². The molecule has 4 aliphatic carbocycles. The highest BCUT2D eigenvalue weighted by molar-refractivity contribution is 5.93. The lowest BCUT2D eigenvalue weighted by Crippen LogP contribution is -2.58. The predicted molar refractivity (Wildman–Crippen MR) is 251 cm³/mol. The van der Waals surface area contributed by atoms with Crippen LogP contribution in [0.5, 0.6) is 0 Å². The summed E-state index contributed by atoms with van der Waals surface area (Å²) in [5, 5.41) is 0. The maximum absolute atomic E-state index is 14.4. The van der Waals surface area contributed by atoms with Crippen molar-refractivity contribution in [3.8, 4) is 0 Å². The van der Waals surface area contributed by atoms with Gasteiger partial charge < -0.3 is 18.9 Å². The fourth-order valence-corrected chi connectivity index (χ4v) is 13.3. The van der Waals surface area contributed by atoms with E-state index < -0.39 is 41.9 Å². The number of Topliss-reactive ketones (excluding diaryl/α,β-unsaturated/α-hetero) is 1. The number of hydrogen-bond acceptors (Lipinski definition) is 9. The number of esters is 4. The number of benzene rings is 4. The zero-order chi connectivity index (χ0) is 46.6. The second kappa shape index (κ2) is 19.7. The third kappa shape index (κ3) is 9.37. The first-order valence-corrected chi connectivity index (χ1v) is 24.4. The van der Waals surface area contributed by atoms with Gasteiger partial charge in [0.05, 0.1) is 22.3 Å². The molecule has 0 saturated heterocycles. The van der Waals surface area contributed by atoms with E-state index in [0.29, 0.717) is 48.7 Å². The fourth-order valence-electron chi connectivity index (χ4n) is 13.3. The Morgan fingerprint density at radius 3 is 1.53 bits per heavy atom. The van der Waals surface area contributed by atoms with Crippen LogP contribution in [0.25, 0.3) is 0 Å². The predicted octanol–water partition coefficient (Wildman–Crippen LogP) is 12.4. The van der Waals surface area contributed by atoms with Gasteiger partial charge in [0.15, 0.2) is 0 Å². The average molecular weight is 895 g/mol. The molecule has 0 spiro atoms. The third-order valence-electron chi connectivity index (χ3n) is 16.7. The van der Waals surface area contributed by atoms with Crippen LogP contribution in [-0.2, 0) is 23.7 Å². The number of hydrogen-bond donors (Lipinski definition) is 0. The van der Waals surface area contributed by atoms with E-state index in [2.05, 4.69) is 20.8 Å². The van der Waals surface area contributed by atoms with Gasteiger partial charge in [-0.3, -0.25) is 4.79 Å². The number of ketones is 1. The normalized spacial score (nSPS) is 27.2. The maximum atomic E-state index is 14.4. The Morgan fingerprint density at radius 2 is 1.05 bits per heavy atom. The van der Waals surface area contributed by atoms with Crippen molar-refractivity contribution in [2.75, 3.05) is 0 Å². The minimum absolute atomic E-state index is 0.0661. The van der Waals surface area contributed by atoms with Gasteiger partial charge in [-0.25, -0.2) is 19.2 Å². The van der Waals surface area contributed by atoms with Crippen molar-refractivity contribution in [3.05, 3.63) is 144 Å². The Hall–Kier alpha value is -5.57. The smallest absolute Gasteiger partial charge is 0.446 e. The topological polar surface area (TPSA) is 122 Å². The van der Waals surface area contributed by atoms with Gasteiger partial charge in [0.1, 0.15) is 5.78 Å². The average Bonchev–Trinajstić information content (AvgIpc) is 3.69. The van der Waals surface area contributed by atoms with Gasteiger partial charge in [-0.2, -0.15) is 0 Å². The highest BCUT2D eigenvalue weighted by Gasteiger charge is 2.63. The molecule has 2 unspecified atom stereocenters. The fraction of sp³-hybridized carbons (Fsp3) is 0.491. The van der Waals surface area contributed by atoms with Gasteiger partial charge >= 0.3 is 29.9 Å². The molecule has 0 amide bonds. The molecule has 10 atom stereocenters. The number of carbonyl (C=O) groups is 5. The summed E-state index contributed by atoms with van der Waals surface area (Å²) < 4.78 is 25.4. The molecule has 9 heteroatoms. The summed E-state index contributed by atoms with van der Waals surface area (Å²) >= 11 is 0. The van der Waals surface area contributed by atoms with Gasteiger partial charge in [-0.05, 0) is 140 Å². The summed E-state index contributed by atoms with van der Waals surface area (Å²) in [5.74, 6) is -4.69. The van der Waals surface area contributed by atoms with Crippen molar-refractivity contribution >= 4 is 29.7 Å². The van der Waals surface area contributed by atoms with Crippen molar-refractivity contribution in [2.45, 2.75) is 117 Å². The summed E-state index contributed by atoms with van der Waals surface area (Å²) in [6, 6.07) is 32.9. The minimum atomic E-state index is -2.90. The molecule has 9 nitrogen and oxygen atoms in total. The molecule has 0 bridgehead atoms. The van der Waals surface area contributed by atoms with Crippen molar-refractivity contribution < 1.29 is 42.9 Å². The summed E-state index contributed by atoms with van der Waals surface area (Å²) in [6.45, 7) is 11.2. The van der Waals surface area contributed by atoms with E-state index in [9.17, 15) is 24.0 Å². The Morgan fingerprint density at radius 1 is 0.576 bits per heavy atom. The number of rotatable bonds is 15. The quantitative estimate of drug-likeness (QED) is 0.0848. The van der Waals surface area contributed by atoms with E-state index in [4.69, 9.17) is 18.9 Å². The molecule has 66 heavy (non-hydrogen) atoms. The molecule has 4 aliphatic rings. The first-order chi connectivity index (χ1) is 31.7. The number of ether oxygens (including phenoxy) is 4. The van der Waals surface area contributed by atoms with Gasteiger partial charge in [0, 0.05) is 18.3 Å². The van der Waals surface area contributed by atoms with Gasteiger partial charge in [0.2, 0.25) is 6.10 Å². The van der Waals surface area contributed by atoms with Gasteiger partial charge in [-0.1, -0.05) is 127 Å². The zero-order valence-electron chi connectivity index (χ0n) is 39.2. The Labute approximate surface area is 390 Å². The first kappa shape index (κ1) is 46.9. The van der Waals surface area contributed by atoms with Crippen LogP contribution in [0.2, 0.25) is 0 Å². The van der Waals surface area contributed by atoms with Crippen LogP contribution in [0.1, 0.15) is 147 Å². The molecule has 4 saturated carbocycles. The summed E-state index contributed by atoms with van der Waals surface area (Å²) in [4.78, 5) is 71.5. The second-order valence-electron chi connectivity index (χ2n) is 20.6. The number of fused-ring (bicyclic) bond motifs is 5. The molecule has 348 valence electrons. The van der Waals surface area contributed by atoms with E-state index in [0.717, 1.165) is 44.9 Å². The van der Waals surface area contributed by atoms with Gasteiger partial charge in [0.25, 0.3) is 0 Å². The molecule has 0 heterocycles. The molecule has 4 fully saturated rings. The van der Waals surface area contributed by atoms with E-state index in [1.807, 2.05) is 13.8 Å². The van der Waals surface area contributed by atoms with Crippen LogP contribution in [-0.4, -0.2) is 41.7 Å². The van der Waals surface area contributed by atoms with Crippen molar-refractivity contribution in [3.63, 3.8) is 0 Å². The Kier molecular flexibility index (Phi) is 14.0. The van der Waals surface area contributed by atoms with Crippen molar-refractivity contribution in [1.29, 1.82) is 0 Å². The lowest BCUT2D eigenvalue weighted by molar-refractivity contribution is -0.350. The van der Waals surface area contributed by atoms with E-state index in [1.165, 1.54) is 42.8 Å². The number of carbonyl (C=O) groups excluding carboxylic acids is 5. The zero-order valence-corrected chi connectivity index (χ0v) is 39.2. The van der Waals surface area contributed by atoms with Crippen molar-refractivity contribution in [2.24, 2.45) is 58.2 Å². The third-order valence-corrected chi connectivity index (χ3v) is 16.7. The minimum Gasteiger partial charge on any atom is -0.446 e. The summed E-state index contributed by atoms with van der Waals surface area (Å²) in [6.07, 6.45) is 9.27. The molecule has 0 aliphatic heterocycles. The monoisotopic (exact) mass is 894 g/mol.